The molecule has 0 saturated heterocycles. The number of nitrogens with zero attached hydrogens (tertiary/aromatic N) is 2. The van der Waals surface area contributed by atoms with E-state index in [2.05, 4.69) is 27.6 Å². The van der Waals surface area contributed by atoms with Gasteiger partial charge in [-0.3, -0.25) is 15.4 Å². The highest BCUT2D eigenvalue weighted by molar-refractivity contribution is 6.02. The first kappa shape index (κ1) is 13.3. The minimum absolute atomic E-state index is 0.574. The van der Waals surface area contributed by atoms with Crippen molar-refractivity contribution in [1.82, 2.24) is 10.4 Å². The van der Waals surface area contributed by atoms with Gasteiger partial charge in [-0.15, -0.1) is 0 Å². The van der Waals surface area contributed by atoms with Gasteiger partial charge in [0, 0.05) is 24.3 Å². The van der Waals surface area contributed by atoms with E-state index in [1.807, 2.05) is 30.5 Å². The standard InChI is InChI=1S/C14H19N5/c1-2-3-8-17-14(19-15)18-13-6-4-5-11-7-9-16-10-12(11)13/h4-7,9-10H,2-3,8,15H2,1H3,(H2,17,18,19). The number of nitrogens with two attached hydrogens (primary N) is 1. The predicted molar refractivity (Wildman–Crippen MR) is 79.9 cm³/mol. The topological polar surface area (TPSA) is 75.3 Å². The van der Waals surface area contributed by atoms with Crippen LogP contribution in [-0.4, -0.2) is 17.5 Å². The van der Waals surface area contributed by atoms with Crippen LogP contribution in [0.25, 0.3) is 10.8 Å². The van der Waals surface area contributed by atoms with Crippen LogP contribution in [0.1, 0.15) is 19.8 Å². The van der Waals surface area contributed by atoms with E-state index >= 15 is 0 Å². The number of fused-ring (bicyclic) bond motifs is 1. The number of rotatable bonds is 4. The van der Waals surface area contributed by atoms with Crippen molar-refractivity contribution < 1.29 is 0 Å². The molecule has 19 heavy (non-hydrogen) atoms. The van der Waals surface area contributed by atoms with Crippen LogP contribution in [0.15, 0.2) is 41.7 Å². The normalized spacial score (nSPS) is 11.6. The smallest absolute Gasteiger partial charge is 0.210 e. The number of aromatic nitrogens is 1. The molecule has 2 aromatic rings. The van der Waals surface area contributed by atoms with Gasteiger partial charge in [0.05, 0.1) is 5.69 Å². The van der Waals surface area contributed by atoms with E-state index in [1.165, 1.54) is 0 Å². The molecule has 0 fully saturated rings. The molecule has 0 aliphatic rings. The SMILES string of the molecule is CCCCN=C(NN)Nc1cccc2ccncc12. The van der Waals surface area contributed by atoms with Crippen LogP contribution in [0.3, 0.4) is 0 Å². The van der Waals surface area contributed by atoms with Crippen molar-refractivity contribution >= 4 is 22.4 Å². The van der Waals surface area contributed by atoms with Crippen molar-refractivity contribution in [3.05, 3.63) is 36.7 Å². The molecule has 0 unspecified atom stereocenters. The lowest BCUT2D eigenvalue weighted by molar-refractivity contribution is 0.801. The number of hydrogen-bond acceptors (Lipinski definition) is 3. The van der Waals surface area contributed by atoms with Crippen molar-refractivity contribution in [1.29, 1.82) is 0 Å². The summed E-state index contributed by atoms with van der Waals surface area (Å²) >= 11 is 0. The predicted octanol–water partition coefficient (Wildman–Crippen LogP) is 2.27. The number of aliphatic imine (C=N–C) groups is 1. The molecular formula is C14H19N5. The molecule has 0 spiro atoms. The Morgan fingerprint density at radius 3 is 3.05 bits per heavy atom. The molecule has 0 aliphatic carbocycles. The summed E-state index contributed by atoms with van der Waals surface area (Å²) in [6.07, 6.45) is 5.77. The highest BCUT2D eigenvalue weighted by atomic mass is 15.3. The number of pyridine rings is 1. The molecule has 0 radical (unpaired) electrons. The van der Waals surface area contributed by atoms with E-state index in [0.29, 0.717) is 5.96 Å². The van der Waals surface area contributed by atoms with Crippen LogP contribution < -0.4 is 16.6 Å². The Hall–Kier alpha value is -2.14. The lowest BCUT2D eigenvalue weighted by atomic mass is 10.1. The number of hydrogen-bond donors (Lipinski definition) is 3. The summed E-state index contributed by atoms with van der Waals surface area (Å²) in [5.74, 6) is 6.06. The lowest BCUT2D eigenvalue weighted by Crippen LogP contribution is -2.36. The Balaban J connectivity index is 2.22. The molecule has 0 aliphatic heterocycles. The highest BCUT2D eigenvalue weighted by Crippen LogP contribution is 2.21. The van der Waals surface area contributed by atoms with E-state index in [-0.39, 0.29) is 0 Å². The van der Waals surface area contributed by atoms with Gasteiger partial charge in [-0.05, 0) is 23.9 Å². The second-order valence-electron chi connectivity index (χ2n) is 4.26. The maximum Gasteiger partial charge on any atom is 0.210 e. The van der Waals surface area contributed by atoms with Crippen molar-refractivity contribution in [2.75, 3.05) is 11.9 Å². The number of anilines is 1. The summed E-state index contributed by atoms with van der Waals surface area (Å²) in [6.45, 7) is 2.89. The van der Waals surface area contributed by atoms with Gasteiger partial charge in [-0.1, -0.05) is 25.5 Å². The summed E-state index contributed by atoms with van der Waals surface area (Å²) in [7, 11) is 0. The molecule has 4 N–H and O–H groups in total. The largest absolute Gasteiger partial charge is 0.325 e. The minimum Gasteiger partial charge on any atom is -0.325 e. The van der Waals surface area contributed by atoms with Gasteiger partial charge in [0.15, 0.2) is 0 Å². The van der Waals surface area contributed by atoms with Crippen LogP contribution in [-0.2, 0) is 0 Å². The fourth-order valence-electron chi connectivity index (χ4n) is 1.82. The Kier molecular flexibility index (Phi) is 4.69. The molecule has 100 valence electrons. The molecule has 2 rings (SSSR count). The summed E-state index contributed by atoms with van der Waals surface area (Å²) in [5, 5.41) is 5.38. The van der Waals surface area contributed by atoms with E-state index in [0.717, 1.165) is 35.8 Å². The van der Waals surface area contributed by atoms with E-state index in [1.54, 1.807) is 6.20 Å². The van der Waals surface area contributed by atoms with Gasteiger partial charge >= 0.3 is 0 Å². The zero-order valence-corrected chi connectivity index (χ0v) is 11.1. The van der Waals surface area contributed by atoms with Crippen molar-refractivity contribution in [3.8, 4) is 0 Å². The minimum atomic E-state index is 0.574. The van der Waals surface area contributed by atoms with Gasteiger partial charge in [0.25, 0.3) is 0 Å². The molecule has 5 nitrogen and oxygen atoms in total. The van der Waals surface area contributed by atoms with E-state index < -0.39 is 0 Å². The number of nitrogens with one attached hydrogen (secondary N) is 2. The Labute approximate surface area is 112 Å². The number of benzene rings is 1. The third-order valence-corrected chi connectivity index (χ3v) is 2.86. The van der Waals surface area contributed by atoms with Crippen LogP contribution in [0, 0.1) is 0 Å². The third kappa shape index (κ3) is 3.42. The fraction of sp³-hybridized carbons (Fsp3) is 0.286. The molecule has 1 aromatic carbocycles. The number of hydrazine groups is 1. The highest BCUT2D eigenvalue weighted by Gasteiger charge is 2.02. The monoisotopic (exact) mass is 257 g/mol. The van der Waals surface area contributed by atoms with Crippen molar-refractivity contribution in [2.24, 2.45) is 10.8 Å². The van der Waals surface area contributed by atoms with Crippen LogP contribution >= 0.6 is 0 Å². The maximum atomic E-state index is 5.49. The number of guanidine groups is 1. The molecular weight excluding hydrogens is 238 g/mol. The molecule has 0 saturated carbocycles. The van der Waals surface area contributed by atoms with Gasteiger partial charge in [-0.2, -0.15) is 0 Å². The van der Waals surface area contributed by atoms with Gasteiger partial charge in [0.2, 0.25) is 5.96 Å². The second kappa shape index (κ2) is 6.70. The zero-order chi connectivity index (χ0) is 13.5. The van der Waals surface area contributed by atoms with Crippen LogP contribution in [0.4, 0.5) is 5.69 Å². The molecule has 0 amide bonds. The fourth-order valence-corrected chi connectivity index (χ4v) is 1.82. The third-order valence-electron chi connectivity index (χ3n) is 2.86. The first-order chi connectivity index (χ1) is 9.35. The lowest BCUT2D eigenvalue weighted by Gasteiger charge is -2.11. The second-order valence-corrected chi connectivity index (χ2v) is 4.26. The average molecular weight is 257 g/mol. The molecule has 1 heterocycles. The summed E-state index contributed by atoms with van der Waals surface area (Å²) in [5.41, 5.74) is 3.54. The van der Waals surface area contributed by atoms with Crippen molar-refractivity contribution in [2.45, 2.75) is 19.8 Å². The molecule has 1 aromatic heterocycles. The summed E-state index contributed by atoms with van der Waals surface area (Å²) < 4.78 is 0. The summed E-state index contributed by atoms with van der Waals surface area (Å²) in [4.78, 5) is 8.53. The Morgan fingerprint density at radius 2 is 2.26 bits per heavy atom. The molecule has 5 heteroatoms. The number of unbranched alkanes of at least 4 members (excludes halogenated alkanes) is 1. The average Bonchev–Trinajstić information content (AvgIpc) is 2.46. The van der Waals surface area contributed by atoms with Gasteiger partial charge in [0.1, 0.15) is 0 Å². The van der Waals surface area contributed by atoms with Crippen LogP contribution in [0.2, 0.25) is 0 Å². The Morgan fingerprint density at radius 1 is 1.37 bits per heavy atom. The van der Waals surface area contributed by atoms with Crippen molar-refractivity contribution in [3.63, 3.8) is 0 Å². The maximum absolute atomic E-state index is 5.49. The van der Waals surface area contributed by atoms with Crippen LogP contribution in [0.5, 0.6) is 0 Å². The first-order valence-electron chi connectivity index (χ1n) is 6.46. The van der Waals surface area contributed by atoms with Gasteiger partial charge in [-0.25, -0.2) is 5.84 Å². The quantitative estimate of drug-likeness (QED) is 0.258. The first-order valence-corrected chi connectivity index (χ1v) is 6.46. The van der Waals surface area contributed by atoms with Gasteiger partial charge < -0.3 is 5.32 Å². The molecule has 0 atom stereocenters. The summed E-state index contributed by atoms with van der Waals surface area (Å²) in [6, 6.07) is 8.00. The molecule has 0 bridgehead atoms. The van der Waals surface area contributed by atoms with E-state index in [9.17, 15) is 0 Å². The zero-order valence-electron chi connectivity index (χ0n) is 11.1. The Bertz CT molecular complexity index is 559. The van der Waals surface area contributed by atoms with E-state index in [4.69, 9.17) is 5.84 Å².